The standard InChI is InChI=1S/C17H22N2O2/c1-2-15-18-16-13(17(20)21)9-6-10-14(16)19(15)11-12-7-4-3-5-8-12/h6,9-10,12H,2-5,7-8,11H2,1H3,(H,20,21). The van der Waals surface area contributed by atoms with Gasteiger partial charge >= 0.3 is 5.97 Å². The normalized spacial score (nSPS) is 16.4. The molecular formula is C17H22N2O2. The number of aryl methyl sites for hydroxylation is 1. The number of carboxylic acids is 1. The van der Waals surface area contributed by atoms with E-state index in [4.69, 9.17) is 0 Å². The Bertz CT molecular complexity index is 654. The van der Waals surface area contributed by atoms with E-state index in [0.717, 1.165) is 24.3 Å². The zero-order chi connectivity index (χ0) is 14.8. The lowest BCUT2D eigenvalue weighted by atomic mass is 9.89. The number of rotatable bonds is 4. The van der Waals surface area contributed by atoms with Crippen molar-refractivity contribution in [2.75, 3.05) is 0 Å². The third kappa shape index (κ3) is 2.67. The first kappa shape index (κ1) is 14.1. The molecule has 0 amide bonds. The molecule has 21 heavy (non-hydrogen) atoms. The molecule has 0 bridgehead atoms. The summed E-state index contributed by atoms with van der Waals surface area (Å²) in [6.45, 7) is 3.06. The molecule has 0 atom stereocenters. The second-order valence-corrected chi connectivity index (χ2v) is 5.97. The van der Waals surface area contributed by atoms with E-state index >= 15 is 0 Å². The highest BCUT2D eigenvalue weighted by molar-refractivity contribution is 6.01. The summed E-state index contributed by atoms with van der Waals surface area (Å²) in [5.41, 5.74) is 1.92. The molecule has 1 N–H and O–H groups in total. The molecule has 1 aromatic carbocycles. The number of benzene rings is 1. The van der Waals surface area contributed by atoms with Gasteiger partial charge in [0.15, 0.2) is 0 Å². The predicted molar refractivity (Wildman–Crippen MR) is 82.6 cm³/mol. The van der Waals surface area contributed by atoms with Crippen LogP contribution in [0, 0.1) is 5.92 Å². The van der Waals surface area contributed by atoms with Crippen LogP contribution in [-0.4, -0.2) is 20.6 Å². The molecule has 1 aromatic heterocycles. The van der Waals surface area contributed by atoms with Crippen LogP contribution in [0.2, 0.25) is 0 Å². The fourth-order valence-electron chi connectivity index (χ4n) is 3.47. The van der Waals surface area contributed by atoms with Crippen molar-refractivity contribution in [3.8, 4) is 0 Å². The maximum Gasteiger partial charge on any atom is 0.337 e. The molecule has 1 heterocycles. The SMILES string of the molecule is CCc1nc2c(C(=O)O)cccc2n1CC1CCCCC1. The molecule has 0 saturated heterocycles. The molecule has 0 radical (unpaired) electrons. The van der Waals surface area contributed by atoms with Gasteiger partial charge in [0.25, 0.3) is 0 Å². The van der Waals surface area contributed by atoms with Gasteiger partial charge in [0.05, 0.1) is 11.1 Å². The van der Waals surface area contributed by atoms with Crippen LogP contribution in [0.15, 0.2) is 18.2 Å². The van der Waals surface area contributed by atoms with Gasteiger partial charge in [-0.3, -0.25) is 0 Å². The van der Waals surface area contributed by atoms with Gasteiger partial charge in [0.1, 0.15) is 11.3 Å². The lowest BCUT2D eigenvalue weighted by Gasteiger charge is -2.23. The Labute approximate surface area is 124 Å². The summed E-state index contributed by atoms with van der Waals surface area (Å²) >= 11 is 0. The lowest BCUT2D eigenvalue weighted by molar-refractivity contribution is 0.0699. The molecule has 4 nitrogen and oxygen atoms in total. The van der Waals surface area contributed by atoms with Crippen molar-refractivity contribution in [3.05, 3.63) is 29.6 Å². The largest absolute Gasteiger partial charge is 0.478 e. The molecule has 112 valence electrons. The third-order valence-corrected chi connectivity index (χ3v) is 4.57. The molecule has 1 saturated carbocycles. The van der Waals surface area contributed by atoms with Crippen LogP contribution < -0.4 is 0 Å². The number of fused-ring (bicyclic) bond motifs is 1. The zero-order valence-electron chi connectivity index (χ0n) is 12.5. The van der Waals surface area contributed by atoms with Gasteiger partial charge in [-0.25, -0.2) is 9.78 Å². The molecule has 0 aliphatic heterocycles. The summed E-state index contributed by atoms with van der Waals surface area (Å²) in [5.74, 6) is 0.810. The number of aromatic carboxylic acids is 1. The van der Waals surface area contributed by atoms with E-state index < -0.39 is 5.97 Å². The minimum atomic E-state index is -0.898. The number of imidazole rings is 1. The van der Waals surface area contributed by atoms with Crippen LogP contribution >= 0.6 is 0 Å². The second kappa shape index (κ2) is 5.88. The van der Waals surface area contributed by atoms with E-state index in [1.165, 1.54) is 32.1 Å². The van der Waals surface area contributed by atoms with Gasteiger partial charge in [-0.1, -0.05) is 32.3 Å². The maximum atomic E-state index is 11.4. The monoisotopic (exact) mass is 286 g/mol. The van der Waals surface area contributed by atoms with Crippen LogP contribution in [0.1, 0.15) is 55.2 Å². The minimum Gasteiger partial charge on any atom is -0.478 e. The summed E-state index contributed by atoms with van der Waals surface area (Å²) in [4.78, 5) is 16.0. The topological polar surface area (TPSA) is 55.1 Å². The molecule has 1 fully saturated rings. The molecule has 3 rings (SSSR count). The highest BCUT2D eigenvalue weighted by Gasteiger charge is 2.20. The van der Waals surface area contributed by atoms with E-state index in [1.807, 2.05) is 12.1 Å². The average Bonchev–Trinajstić information content (AvgIpc) is 2.86. The summed E-state index contributed by atoms with van der Waals surface area (Å²) in [5, 5.41) is 9.33. The number of hydrogen-bond acceptors (Lipinski definition) is 2. The van der Waals surface area contributed by atoms with Crippen molar-refractivity contribution in [1.29, 1.82) is 0 Å². The maximum absolute atomic E-state index is 11.4. The van der Waals surface area contributed by atoms with E-state index in [2.05, 4.69) is 16.5 Å². The Hall–Kier alpha value is -1.84. The summed E-state index contributed by atoms with van der Waals surface area (Å²) < 4.78 is 2.25. The summed E-state index contributed by atoms with van der Waals surface area (Å²) in [7, 11) is 0. The lowest BCUT2D eigenvalue weighted by Crippen LogP contribution is -2.15. The number of hydrogen-bond donors (Lipinski definition) is 1. The van der Waals surface area contributed by atoms with Crippen LogP contribution in [0.25, 0.3) is 11.0 Å². The van der Waals surface area contributed by atoms with E-state index in [1.54, 1.807) is 6.07 Å². The van der Waals surface area contributed by atoms with Crippen molar-refractivity contribution >= 4 is 17.0 Å². The first-order valence-electron chi connectivity index (χ1n) is 7.92. The molecular weight excluding hydrogens is 264 g/mol. The minimum absolute atomic E-state index is 0.310. The fraction of sp³-hybridized carbons (Fsp3) is 0.529. The van der Waals surface area contributed by atoms with Crippen molar-refractivity contribution in [3.63, 3.8) is 0 Å². The number of carbonyl (C=O) groups is 1. The molecule has 4 heteroatoms. The van der Waals surface area contributed by atoms with Crippen LogP contribution in [0.5, 0.6) is 0 Å². The van der Waals surface area contributed by atoms with E-state index in [-0.39, 0.29) is 0 Å². The second-order valence-electron chi connectivity index (χ2n) is 5.97. The molecule has 1 aliphatic rings. The van der Waals surface area contributed by atoms with E-state index in [0.29, 0.717) is 17.0 Å². The third-order valence-electron chi connectivity index (χ3n) is 4.57. The highest BCUT2D eigenvalue weighted by atomic mass is 16.4. The number of para-hydroxylation sites is 1. The molecule has 1 aliphatic carbocycles. The van der Waals surface area contributed by atoms with Gasteiger partial charge in [0, 0.05) is 13.0 Å². The number of carboxylic acid groups (broad SMARTS) is 1. The van der Waals surface area contributed by atoms with Gasteiger partial charge in [0.2, 0.25) is 0 Å². The van der Waals surface area contributed by atoms with Gasteiger partial charge < -0.3 is 9.67 Å². The van der Waals surface area contributed by atoms with Gasteiger partial charge in [-0.15, -0.1) is 0 Å². The molecule has 2 aromatic rings. The van der Waals surface area contributed by atoms with Crippen LogP contribution in [-0.2, 0) is 13.0 Å². The highest BCUT2D eigenvalue weighted by Crippen LogP contribution is 2.28. The first-order chi connectivity index (χ1) is 10.2. The Kier molecular flexibility index (Phi) is 3.95. The number of nitrogens with zero attached hydrogens (tertiary/aromatic N) is 2. The summed E-state index contributed by atoms with van der Waals surface area (Å²) in [6.07, 6.45) is 7.38. The quantitative estimate of drug-likeness (QED) is 0.928. The smallest absolute Gasteiger partial charge is 0.337 e. The Morgan fingerprint density at radius 1 is 1.33 bits per heavy atom. The van der Waals surface area contributed by atoms with Gasteiger partial charge in [-0.2, -0.15) is 0 Å². The zero-order valence-corrected chi connectivity index (χ0v) is 12.5. The van der Waals surface area contributed by atoms with Crippen LogP contribution in [0.3, 0.4) is 0 Å². The summed E-state index contributed by atoms with van der Waals surface area (Å²) in [6, 6.07) is 5.46. The fourth-order valence-corrected chi connectivity index (χ4v) is 3.47. The van der Waals surface area contributed by atoms with E-state index in [9.17, 15) is 9.90 Å². The molecule has 0 unspecified atom stereocenters. The van der Waals surface area contributed by atoms with Crippen molar-refractivity contribution in [2.45, 2.75) is 52.0 Å². The predicted octanol–water partition coefficient (Wildman–Crippen LogP) is 3.88. The Balaban J connectivity index is 2.03. The Morgan fingerprint density at radius 3 is 2.76 bits per heavy atom. The van der Waals surface area contributed by atoms with Crippen molar-refractivity contribution < 1.29 is 9.90 Å². The molecule has 0 spiro atoms. The van der Waals surface area contributed by atoms with Crippen molar-refractivity contribution in [1.82, 2.24) is 9.55 Å². The van der Waals surface area contributed by atoms with Gasteiger partial charge in [-0.05, 0) is 30.9 Å². The number of aromatic nitrogens is 2. The van der Waals surface area contributed by atoms with Crippen LogP contribution in [0.4, 0.5) is 0 Å². The van der Waals surface area contributed by atoms with Crippen molar-refractivity contribution in [2.24, 2.45) is 5.92 Å². The Morgan fingerprint density at radius 2 is 2.10 bits per heavy atom. The average molecular weight is 286 g/mol. The first-order valence-corrected chi connectivity index (χ1v) is 7.92.